The summed E-state index contributed by atoms with van der Waals surface area (Å²) in [5.74, 6) is 0.883. The van der Waals surface area contributed by atoms with Crippen LogP contribution < -0.4 is 0 Å². The van der Waals surface area contributed by atoms with Crippen molar-refractivity contribution in [3.8, 4) is 0 Å². The predicted molar refractivity (Wildman–Crippen MR) is 61.9 cm³/mol. The van der Waals surface area contributed by atoms with E-state index < -0.39 is 0 Å². The SMILES string of the molecule is C/C(S)=C(/S)CC1CCCCC1. The third-order valence-corrected chi connectivity index (χ3v) is 3.59. The van der Waals surface area contributed by atoms with Crippen LogP contribution in [0.25, 0.3) is 0 Å². The van der Waals surface area contributed by atoms with Crippen molar-refractivity contribution in [1.82, 2.24) is 0 Å². The van der Waals surface area contributed by atoms with Crippen molar-refractivity contribution in [2.75, 3.05) is 0 Å². The van der Waals surface area contributed by atoms with Gasteiger partial charge in [0.15, 0.2) is 0 Å². The summed E-state index contributed by atoms with van der Waals surface area (Å²) in [7, 11) is 0. The Morgan fingerprint density at radius 1 is 1.17 bits per heavy atom. The Balaban J connectivity index is 2.34. The van der Waals surface area contributed by atoms with E-state index in [2.05, 4.69) is 25.3 Å². The molecule has 0 aromatic heterocycles. The molecular formula is C10H18S2. The maximum Gasteiger partial charge on any atom is -0.00918 e. The second kappa shape index (κ2) is 5.23. The second-order valence-corrected chi connectivity index (χ2v) is 4.95. The molecule has 1 aliphatic rings. The maximum absolute atomic E-state index is 4.44. The van der Waals surface area contributed by atoms with Gasteiger partial charge in [0, 0.05) is 0 Å². The van der Waals surface area contributed by atoms with Crippen LogP contribution in [0.15, 0.2) is 9.81 Å². The fraction of sp³-hybridized carbons (Fsp3) is 0.800. The van der Waals surface area contributed by atoms with Gasteiger partial charge in [0.05, 0.1) is 0 Å². The zero-order valence-corrected chi connectivity index (χ0v) is 9.50. The number of rotatable bonds is 2. The van der Waals surface area contributed by atoms with Gasteiger partial charge in [0.25, 0.3) is 0 Å². The summed E-state index contributed by atoms with van der Waals surface area (Å²) in [6, 6.07) is 0. The molecule has 12 heavy (non-hydrogen) atoms. The highest BCUT2D eigenvalue weighted by molar-refractivity contribution is 7.88. The number of hydrogen-bond acceptors (Lipinski definition) is 2. The highest BCUT2D eigenvalue weighted by atomic mass is 32.1. The highest BCUT2D eigenvalue weighted by Crippen LogP contribution is 2.31. The average molecular weight is 202 g/mol. The molecule has 0 unspecified atom stereocenters. The Kier molecular flexibility index (Phi) is 4.59. The monoisotopic (exact) mass is 202 g/mol. The Hall–Kier alpha value is 0.440. The lowest BCUT2D eigenvalue weighted by Crippen LogP contribution is -2.06. The Morgan fingerprint density at radius 2 is 1.75 bits per heavy atom. The largest absolute Gasteiger partial charge is 0.147 e. The van der Waals surface area contributed by atoms with Crippen LogP contribution in [0.5, 0.6) is 0 Å². The van der Waals surface area contributed by atoms with Gasteiger partial charge in [0.1, 0.15) is 0 Å². The summed E-state index contributed by atoms with van der Waals surface area (Å²) in [5, 5.41) is 0. The van der Waals surface area contributed by atoms with Crippen molar-refractivity contribution < 1.29 is 0 Å². The van der Waals surface area contributed by atoms with E-state index in [9.17, 15) is 0 Å². The first kappa shape index (κ1) is 10.5. The molecular weight excluding hydrogens is 184 g/mol. The van der Waals surface area contributed by atoms with Gasteiger partial charge >= 0.3 is 0 Å². The normalized spacial score (nSPS) is 22.2. The van der Waals surface area contributed by atoms with Crippen molar-refractivity contribution in [3.05, 3.63) is 9.81 Å². The van der Waals surface area contributed by atoms with Gasteiger partial charge in [-0.25, -0.2) is 0 Å². The van der Waals surface area contributed by atoms with E-state index in [1.807, 2.05) is 6.92 Å². The van der Waals surface area contributed by atoms with Crippen LogP contribution in [0.3, 0.4) is 0 Å². The van der Waals surface area contributed by atoms with Crippen LogP contribution in [-0.2, 0) is 0 Å². The highest BCUT2D eigenvalue weighted by Gasteiger charge is 2.14. The van der Waals surface area contributed by atoms with Crippen molar-refractivity contribution in [2.24, 2.45) is 5.92 Å². The summed E-state index contributed by atoms with van der Waals surface area (Å²) >= 11 is 8.73. The molecule has 1 rings (SSSR count). The molecule has 0 bridgehead atoms. The van der Waals surface area contributed by atoms with E-state index in [4.69, 9.17) is 0 Å². The molecule has 0 atom stereocenters. The minimum atomic E-state index is 0.883. The maximum atomic E-state index is 4.44. The minimum Gasteiger partial charge on any atom is -0.147 e. The molecule has 0 nitrogen and oxygen atoms in total. The topological polar surface area (TPSA) is 0 Å². The van der Waals surface area contributed by atoms with E-state index in [1.165, 1.54) is 37.0 Å². The molecule has 0 aliphatic heterocycles. The Labute approximate surface area is 86.6 Å². The van der Waals surface area contributed by atoms with Crippen LogP contribution in [0.1, 0.15) is 45.4 Å². The first-order chi connectivity index (χ1) is 5.70. The van der Waals surface area contributed by atoms with Gasteiger partial charge in [-0.2, -0.15) is 0 Å². The molecule has 0 N–H and O–H groups in total. The zero-order valence-electron chi connectivity index (χ0n) is 7.71. The molecule has 0 aromatic rings. The quantitative estimate of drug-likeness (QED) is 0.620. The van der Waals surface area contributed by atoms with Crippen LogP contribution >= 0.6 is 25.3 Å². The van der Waals surface area contributed by atoms with Crippen LogP contribution in [0.4, 0.5) is 0 Å². The van der Waals surface area contributed by atoms with Gasteiger partial charge in [0.2, 0.25) is 0 Å². The third kappa shape index (κ3) is 3.44. The van der Waals surface area contributed by atoms with E-state index in [0.29, 0.717) is 0 Å². The molecule has 1 fully saturated rings. The first-order valence-electron chi connectivity index (χ1n) is 4.78. The molecule has 70 valence electrons. The molecule has 0 saturated heterocycles. The minimum absolute atomic E-state index is 0.883. The first-order valence-corrected chi connectivity index (χ1v) is 5.67. The second-order valence-electron chi connectivity index (χ2n) is 3.74. The summed E-state index contributed by atoms with van der Waals surface area (Å²) in [6.07, 6.45) is 8.20. The van der Waals surface area contributed by atoms with Gasteiger partial charge in [-0.05, 0) is 29.1 Å². The number of thiol groups is 2. The van der Waals surface area contributed by atoms with Crippen molar-refractivity contribution >= 4 is 25.3 Å². The molecule has 0 radical (unpaired) electrons. The van der Waals surface area contributed by atoms with E-state index >= 15 is 0 Å². The average Bonchev–Trinajstić information content (AvgIpc) is 2.06. The fourth-order valence-corrected chi connectivity index (χ4v) is 2.16. The Bertz CT molecular complexity index is 163. The van der Waals surface area contributed by atoms with Gasteiger partial charge in [-0.15, -0.1) is 25.3 Å². The number of allylic oxidation sites excluding steroid dienone is 2. The van der Waals surface area contributed by atoms with E-state index in [1.54, 1.807) is 0 Å². The molecule has 1 saturated carbocycles. The third-order valence-electron chi connectivity index (χ3n) is 2.62. The molecule has 0 aromatic carbocycles. The summed E-state index contributed by atoms with van der Waals surface area (Å²) in [4.78, 5) is 2.27. The summed E-state index contributed by atoms with van der Waals surface area (Å²) < 4.78 is 0. The molecule has 0 spiro atoms. The molecule has 2 heteroatoms. The van der Waals surface area contributed by atoms with Crippen molar-refractivity contribution in [3.63, 3.8) is 0 Å². The van der Waals surface area contributed by atoms with Gasteiger partial charge < -0.3 is 0 Å². The van der Waals surface area contributed by atoms with E-state index in [-0.39, 0.29) is 0 Å². The van der Waals surface area contributed by atoms with E-state index in [0.717, 1.165) is 17.2 Å². The lowest BCUT2D eigenvalue weighted by atomic mass is 9.87. The van der Waals surface area contributed by atoms with Gasteiger partial charge in [-0.3, -0.25) is 0 Å². The van der Waals surface area contributed by atoms with Crippen LogP contribution in [0, 0.1) is 5.92 Å². The lowest BCUT2D eigenvalue weighted by Gasteiger charge is -2.21. The molecule has 0 heterocycles. The van der Waals surface area contributed by atoms with Crippen LogP contribution in [0.2, 0.25) is 0 Å². The smallest absolute Gasteiger partial charge is 0.00918 e. The molecule has 0 amide bonds. The fourth-order valence-electron chi connectivity index (χ4n) is 1.81. The standard InChI is InChI=1S/C10H18S2/c1-8(11)10(12)7-9-5-3-2-4-6-9/h9,11-12H,2-7H2,1H3/b10-8-. The Morgan fingerprint density at radius 3 is 2.25 bits per heavy atom. The van der Waals surface area contributed by atoms with Crippen molar-refractivity contribution in [1.29, 1.82) is 0 Å². The van der Waals surface area contributed by atoms with Crippen LogP contribution in [-0.4, -0.2) is 0 Å². The zero-order chi connectivity index (χ0) is 8.97. The predicted octanol–water partition coefficient (Wildman–Crippen LogP) is 4.05. The molecule has 1 aliphatic carbocycles. The number of hydrogen-bond donors (Lipinski definition) is 2. The summed E-state index contributed by atoms with van der Waals surface area (Å²) in [5.41, 5.74) is 0. The van der Waals surface area contributed by atoms with Crippen molar-refractivity contribution in [2.45, 2.75) is 45.4 Å². The summed E-state index contributed by atoms with van der Waals surface area (Å²) in [6.45, 7) is 2.02. The lowest BCUT2D eigenvalue weighted by molar-refractivity contribution is 0.360. The van der Waals surface area contributed by atoms with Gasteiger partial charge in [-0.1, -0.05) is 32.1 Å².